The number of carbonyl (C=O) groups is 1. The monoisotopic (exact) mass is 222 g/mol. The zero-order valence-corrected chi connectivity index (χ0v) is 9.77. The summed E-state index contributed by atoms with van der Waals surface area (Å²) in [7, 11) is 3.38. The first-order valence-corrected chi connectivity index (χ1v) is 5.27. The van der Waals surface area contributed by atoms with Crippen LogP contribution < -0.4 is 10.6 Å². The van der Waals surface area contributed by atoms with Gasteiger partial charge in [0, 0.05) is 31.4 Å². The van der Waals surface area contributed by atoms with Gasteiger partial charge in [0.1, 0.15) is 0 Å². The molecule has 16 heavy (non-hydrogen) atoms. The molecule has 0 fully saturated rings. The van der Waals surface area contributed by atoms with E-state index in [0.717, 1.165) is 24.3 Å². The first-order chi connectivity index (χ1) is 7.63. The molecule has 4 heteroatoms. The number of anilines is 2. The average molecular weight is 222 g/mol. The van der Waals surface area contributed by atoms with E-state index in [4.69, 9.17) is 5.73 Å². The number of rotatable bonds is 5. The van der Waals surface area contributed by atoms with Gasteiger partial charge in [0.2, 0.25) is 0 Å². The lowest BCUT2D eigenvalue weighted by Gasteiger charge is -2.19. The highest BCUT2D eigenvalue weighted by molar-refractivity contribution is 5.69. The van der Waals surface area contributed by atoms with Crippen molar-refractivity contribution in [2.45, 2.75) is 12.8 Å². The van der Waals surface area contributed by atoms with Crippen LogP contribution in [-0.2, 0) is 9.53 Å². The minimum Gasteiger partial charge on any atom is -0.469 e. The number of carbonyl (C=O) groups excluding carboxylic acids is 1. The summed E-state index contributed by atoms with van der Waals surface area (Å²) in [6.45, 7) is 0.804. The number of esters is 1. The van der Waals surface area contributed by atoms with Crippen LogP contribution in [0.15, 0.2) is 24.3 Å². The lowest BCUT2D eigenvalue weighted by Crippen LogP contribution is -2.19. The minimum absolute atomic E-state index is 0.166. The zero-order chi connectivity index (χ0) is 12.0. The lowest BCUT2D eigenvalue weighted by molar-refractivity contribution is -0.140. The Morgan fingerprint density at radius 2 is 2.25 bits per heavy atom. The Kier molecular flexibility index (Phi) is 4.64. The maximum Gasteiger partial charge on any atom is 0.305 e. The number of nitrogen functional groups attached to an aromatic ring is 1. The highest BCUT2D eigenvalue weighted by Gasteiger charge is 2.03. The summed E-state index contributed by atoms with van der Waals surface area (Å²) in [5.41, 5.74) is 7.50. The molecular weight excluding hydrogens is 204 g/mol. The molecule has 0 bridgehead atoms. The molecule has 4 nitrogen and oxygen atoms in total. The Morgan fingerprint density at radius 1 is 1.50 bits per heavy atom. The largest absolute Gasteiger partial charge is 0.469 e. The van der Waals surface area contributed by atoms with Crippen molar-refractivity contribution in [2.24, 2.45) is 0 Å². The second kappa shape index (κ2) is 6.00. The zero-order valence-electron chi connectivity index (χ0n) is 9.77. The molecule has 0 radical (unpaired) electrons. The topological polar surface area (TPSA) is 55.6 Å². The number of nitrogens with two attached hydrogens (primary N) is 1. The number of ether oxygens (including phenoxy) is 1. The molecule has 0 aliphatic rings. The molecular formula is C12H18N2O2. The van der Waals surface area contributed by atoms with Crippen LogP contribution in [-0.4, -0.2) is 26.7 Å². The number of nitrogens with zero attached hydrogens (tertiary/aromatic N) is 1. The third-order valence-electron chi connectivity index (χ3n) is 2.41. The molecule has 0 aromatic heterocycles. The van der Waals surface area contributed by atoms with E-state index < -0.39 is 0 Å². The van der Waals surface area contributed by atoms with Gasteiger partial charge in [-0.15, -0.1) is 0 Å². The van der Waals surface area contributed by atoms with Crippen LogP contribution in [0.3, 0.4) is 0 Å². The van der Waals surface area contributed by atoms with Gasteiger partial charge in [-0.2, -0.15) is 0 Å². The van der Waals surface area contributed by atoms with E-state index in [1.54, 1.807) is 0 Å². The number of hydrogen-bond acceptors (Lipinski definition) is 4. The molecule has 2 N–H and O–H groups in total. The Labute approximate surface area is 96.0 Å². The van der Waals surface area contributed by atoms with E-state index in [1.165, 1.54) is 7.11 Å². The van der Waals surface area contributed by atoms with Gasteiger partial charge < -0.3 is 15.4 Å². The standard InChI is InChI=1S/C12H18N2O2/c1-14(8-4-7-12(15)16-2)11-6-3-5-10(13)9-11/h3,5-6,9H,4,7-8,13H2,1-2H3. The van der Waals surface area contributed by atoms with E-state index in [0.29, 0.717) is 6.42 Å². The van der Waals surface area contributed by atoms with Crippen molar-refractivity contribution in [3.05, 3.63) is 24.3 Å². The smallest absolute Gasteiger partial charge is 0.305 e. The number of benzene rings is 1. The van der Waals surface area contributed by atoms with Gasteiger partial charge in [0.15, 0.2) is 0 Å². The Bertz CT molecular complexity index is 353. The Balaban J connectivity index is 2.40. The third-order valence-corrected chi connectivity index (χ3v) is 2.41. The highest BCUT2D eigenvalue weighted by atomic mass is 16.5. The molecule has 1 rings (SSSR count). The van der Waals surface area contributed by atoms with Crippen LogP contribution in [0.5, 0.6) is 0 Å². The molecule has 88 valence electrons. The molecule has 0 unspecified atom stereocenters. The molecule has 0 amide bonds. The molecule has 1 aromatic carbocycles. The van der Waals surface area contributed by atoms with Crippen LogP contribution in [0.4, 0.5) is 11.4 Å². The Morgan fingerprint density at radius 3 is 2.88 bits per heavy atom. The van der Waals surface area contributed by atoms with Gasteiger partial charge >= 0.3 is 5.97 Å². The molecule has 0 heterocycles. The first-order valence-electron chi connectivity index (χ1n) is 5.27. The van der Waals surface area contributed by atoms with Crippen molar-refractivity contribution >= 4 is 17.3 Å². The summed E-state index contributed by atoms with van der Waals surface area (Å²) < 4.78 is 4.58. The fraction of sp³-hybridized carbons (Fsp3) is 0.417. The van der Waals surface area contributed by atoms with E-state index in [1.807, 2.05) is 31.3 Å². The van der Waals surface area contributed by atoms with E-state index in [2.05, 4.69) is 9.64 Å². The van der Waals surface area contributed by atoms with Crippen molar-refractivity contribution in [1.29, 1.82) is 0 Å². The van der Waals surface area contributed by atoms with Crippen LogP contribution in [0.1, 0.15) is 12.8 Å². The molecule has 0 aliphatic heterocycles. The Hall–Kier alpha value is -1.71. The highest BCUT2D eigenvalue weighted by Crippen LogP contribution is 2.16. The fourth-order valence-corrected chi connectivity index (χ4v) is 1.45. The molecule has 0 atom stereocenters. The summed E-state index contributed by atoms with van der Waals surface area (Å²) in [6.07, 6.45) is 1.22. The van der Waals surface area contributed by atoms with Gasteiger partial charge in [-0.3, -0.25) is 4.79 Å². The summed E-state index contributed by atoms with van der Waals surface area (Å²) in [5, 5.41) is 0. The summed E-state index contributed by atoms with van der Waals surface area (Å²) in [5.74, 6) is -0.166. The van der Waals surface area contributed by atoms with Crippen molar-refractivity contribution in [3.8, 4) is 0 Å². The molecule has 0 aliphatic carbocycles. The second-order valence-electron chi connectivity index (χ2n) is 3.70. The summed E-state index contributed by atoms with van der Waals surface area (Å²) in [6, 6.07) is 7.68. The summed E-state index contributed by atoms with van der Waals surface area (Å²) in [4.78, 5) is 13.0. The predicted octanol–water partition coefficient (Wildman–Crippen LogP) is 1.66. The van der Waals surface area contributed by atoms with E-state index >= 15 is 0 Å². The average Bonchev–Trinajstić information content (AvgIpc) is 2.28. The van der Waals surface area contributed by atoms with Gasteiger partial charge in [0.05, 0.1) is 7.11 Å². The van der Waals surface area contributed by atoms with Crippen molar-refractivity contribution in [2.75, 3.05) is 31.3 Å². The van der Waals surface area contributed by atoms with Crippen molar-refractivity contribution in [1.82, 2.24) is 0 Å². The first kappa shape index (κ1) is 12.4. The van der Waals surface area contributed by atoms with Crippen molar-refractivity contribution < 1.29 is 9.53 Å². The second-order valence-corrected chi connectivity index (χ2v) is 3.70. The SMILES string of the molecule is COC(=O)CCCN(C)c1cccc(N)c1. The van der Waals surface area contributed by atoms with Crippen LogP contribution in [0.25, 0.3) is 0 Å². The van der Waals surface area contributed by atoms with Gasteiger partial charge in [-0.1, -0.05) is 6.07 Å². The number of hydrogen-bond donors (Lipinski definition) is 1. The van der Waals surface area contributed by atoms with E-state index in [9.17, 15) is 4.79 Å². The van der Waals surface area contributed by atoms with Gasteiger partial charge in [0.25, 0.3) is 0 Å². The van der Waals surface area contributed by atoms with Crippen LogP contribution in [0.2, 0.25) is 0 Å². The number of methoxy groups -OCH3 is 1. The summed E-state index contributed by atoms with van der Waals surface area (Å²) >= 11 is 0. The minimum atomic E-state index is -0.166. The van der Waals surface area contributed by atoms with Gasteiger partial charge in [-0.25, -0.2) is 0 Å². The van der Waals surface area contributed by atoms with Crippen LogP contribution >= 0.6 is 0 Å². The van der Waals surface area contributed by atoms with Crippen LogP contribution in [0, 0.1) is 0 Å². The maximum atomic E-state index is 10.9. The van der Waals surface area contributed by atoms with Gasteiger partial charge in [-0.05, 0) is 24.6 Å². The maximum absolute atomic E-state index is 10.9. The fourth-order valence-electron chi connectivity index (χ4n) is 1.45. The predicted molar refractivity (Wildman–Crippen MR) is 65.4 cm³/mol. The lowest BCUT2D eigenvalue weighted by atomic mass is 10.2. The molecule has 0 spiro atoms. The normalized spacial score (nSPS) is 9.88. The van der Waals surface area contributed by atoms with E-state index in [-0.39, 0.29) is 5.97 Å². The molecule has 0 saturated heterocycles. The quantitative estimate of drug-likeness (QED) is 0.608. The third kappa shape index (κ3) is 3.81. The van der Waals surface area contributed by atoms with Crippen molar-refractivity contribution in [3.63, 3.8) is 0 Å². The molecule has 1 aromatic rings. The molecule has 0 saturated carbocycles.